The lowest BCUT2D eigenvalue weighted by Crippen LogP contribution is -2.28. The molecule has 0 saturated heterocycles. The van der Waals surface area contributed by atoms with Gasteiger partial charge in [0.2, 0.25) is 15.9 Å². The summed E-state index contributed by atoms with van der Waals surface area (Å²) >= 11 is 0. The molecule has 1 amide bonds. The van der Waals surface area contributed by atoms with Crippen LogP contribution in [0.3, 0.4) is 0 Å². The molecule has 1 heterocycles. The van der Waals surface area contributed by atoms with Crippen molar-refractivity contribution >= 4 is 32.5 Å². The van der Waals surface area contributed by atoms with Crippen LogP contribution < -0.4 is 4.72 Å². The smallest absolute Gasteiger partial charge is 0.279 e. The quantitative estimate of drug-likeness (QED) is 0.547. The van der Waals surface area contributed by atoms with Gasteiger partial charge in [-0.1, -0.05) is 49.7 Å². The first kappa shape index (κ1) is 20.7. The molecule has 29 heavy (non-hydrogen) atoms. The molecule has 8 nitrogen and oxygen atoms in total. The summed E-state index contributed by atoms with van der Waals surface area (Å²) in [7, 11) is -3.81. The molecule has 0 radical (unpaired) electrons. The minimum absolute atomic E-state index is 0.0568. The predicted molar refractivity (Wildman–Crippen MR) is 110 cm³/mol. The third-order valence-electron chi connectivity index (χ3n) is 4.38. The van der Waals surface area contributed by atoms with Crippen molar-refractivity contribution in [3.05, 3.63) is 54.6 Å². The Balaban J connectivity index is 1.77. The molecule has 0 bridgehead atoms. The van der Waals surface area contributed by atoms with E-state index in [0.717, 1.165) is 18.4 Å². The van der Waals surface area contributed by atoms with E-state index in [-0.39, 0.29) is 16.5 Å². The van der Waals surface area contributed by atoms with Gasteiger partial charge in [-0.3, -0.25) is 4.79 Å². The largest absolute Gasteiger partial charge is 0.493 e. The van der Waals surface area contributed by atoms with Crippen molar-refractivity contribution in [1.29, 1.82) is 0 Å². The topological polar surface area (TPSA) is 113 Å². The van der Waals surface area contributed by atoms with Crippen LogP contribution in [0.15, 0.2) is 69.7 Å². The number of carbonyl (C=O) groups is 1. The average Bonchev–Trinajstić information content (AvgIpc) is 3.00. The van der Waals surface area contributed by atoms with E-state index >= 15 is 0 Å². The summed E-state index contributed by atoms with van der Waals surface area (Å²) in [6.45, 7) is 2.14. The number of fused-ring (bicyclic) bond motifs is 1. The Bertz CT molecular complexity index is 1140. The number of nitrogens with zero attached hydrogens (tertiary/aromatic N) is 3. The molecule has 2 N–H and O–H groups in total. The Morgan fingerprint density at radius 3 is 2.52 bits per heavy atom. The fourth-order valence-corrected chi connectivity index (χ4v) is 3.89. The highest BCUT2D eigenvalue weighted by molar-refractivity contribution is 7.89. The summed E-state index contributed by atoms with van der Waals surface area (Å²) in [5.41, 5.74) is 0.987. The first-order valence-electron chi connectivity index (χ1n) is 9.23. The lowest BCUT2D eigenvalue weighted by atomic mass is 10.2. The number of aromatic hydroxyl groups is 1. The van der Waals surface area contributed by atoms with Gasteiger partial charge in [0.15, 0.2) is 5.69 Å². The van der Waals surface area contributed by atoms with Crippen LogP contribution in [-0.2, 0) is 21.4 Å². The van der Waals surface area contributed by atoms with Gasteiger partial charge in [0.1, 0.15) is 0 Å². The molecule has 3 aromatic rings. The normalized spacial score (nSPS) is 12.0. The van der Waals surface area contributed by atoms with E-state index in [1.807, 2.05) is 12.1 Å². The van der Waals surface area contributed by atoms with Crippen LogP contribution in [0, 0.1) is 0 Å². The lowest BCUT2D eigenvalue weighted by molar-refractivity contribution is -0.117. The number of para-hydroxylation sites is 1. The average molecular weight is 414 g/mol. The maximum atomic E-state index is 12.2. The molecule has 152 valence electrons. The van der Waals surface area contributed by atoms with Crippen LogP contribution >= 0.6 is 0 Å². The van der Waals surface area contributed by atoms with Gasteiger partial charge in [-0.2, -0.15) is 0 Å². The molecule has 1 aromatic heterocycles. The third kappa shape index (κ3) is 4.69. The van der Waals surface area contributed by atoms with Crippen LogP contribution in [-0.4, -0.2) is 30.5 Å². The van der Waals surface area contributed by atoms with E-state index in [4.69, 9.17) is 0 Å². The van der Waals surface area contributed by atoms with Gasteiger partial charge in [-0.15, -0.1) is 10.2 Å². The second kappa shape index (κ2) is 8.97. The number of hydrogen-bond donors (Lipinski definition) is 2. The highest BCUT2D eigenvalue weighted by Gasteiger charge is 2.17. The molecule has 0 spiro atoms. The summed E-state index contributed by atoms with van der Waals surface area (Å²) in [5, 5.41) is 18.7. The summed E-state index contributed by atoms with van der Waals surface area (Å²) in [4.78, 5) is 12.1. The Kier molecular flexibility index (Phi) is 6.40. The van der Waals surface area contributed by atoms with Crippen molar-refractivity contribution in [2.75, 3.05) is 6.54 Å². The first-order valence-corrected chi connectivity index (χ1v) is 10.7. The fourth-order valence-electron chi connectivity index (χ4n) is 2.89. The predicted octanol–water partition coefficient (Wildman–Crippen LogP) is 3.74. The number of nitrogens with one attached hydrogen (secondary N) is 1. The molecule has 2 aromatic carbocycles. The van der Waals surface area contributed by atoms with E-state index in [1.54, 1.807) is 34.9 Å². The molecular weight excluding hydrogens is 392 g/mol. The van der Waals surface area contributed by atoms with E-state index in [2.05, 4.69) is 21.9 Å². The van der Waals surface area contributed by atoms with Crippen LogP contribution in [0.1, 0.15) is 19.8 Å². The van der Waals surface area contributed by atoms with Crippen molar-refractivity contribution in [2.24, 2.45) is 10.2 Å². The summed E-state index contributed by atoms with van der Waals surface area (Å²) in [5.74, 6) is -0.838. The monoisotopic (exact) mass is 414 g/mol. The number of aryl methyl sites for hydroxylation is 1. The molecule has 0 saturated carbocycles. The van der Waals surface area contributed by atoms with E-state index < -0.39 is 22.5 Å². The SMILES string of the molecule is CCCCn1c(O)c(N=NC(=O)CNS(=O)(=O)c2ccccc2)c2ccccc21. The number of benzene rings is 2. The number of unbranched alkanes of at least 4 members (excludes halogenated alkanes) is 1. The minimum Gasteiger partial charge on any atom is -0.493 e. The van der Waals surface area contributed by atoms with Gasteiger partial charge in [0.05, 0.1) is 17.0 Å². The molecule has 3 rings (SSSR count). The maximum absolute atomic E-state index is 12.2. The van der Waals surface area contributed by atoms with Crippen molar-refractivity contribution in [2.45, 2.75) is 31.2 Å². The molecule has 0 atom stereocenters. The number of azo groups is 1. The third-order valence-corrected chi connectivity index (χ3v) is 5.80. The molecule has 0 aliphatic heterocycles. The highest BCUT2D eigenvalue weighted by Crippen LogP contribution is 2.38. The molecule has 0 aliphatic rings. The van der Waals surface area contributed by atoms with Gasteiger partial charge in [0, 0.05) is 11.9 Å². The van der Waals surface area contributed by atoms with Crippen molar-refractivity contribution in [3.8, 4) is 5.88 Å². The summed E-state index contributed by atoms with van der Waals surface area (Å²) in [6.07, 6.45) is 1.84. The molecule has 9 heteroatoms. The van der Waals surface area contributed by atoms with Gasteiger partial charge in [-0.05, 0) is 24.6 Å². The van der Waals surface area contributed by atoms with E-state index in [9.17, 15) is 18.3 Å². The Morgan fingerprint density at radius 1 is 1.10 bits per heavy atom. The van der Waals surface area contributed by atoms with Gasteiger partial charge >= 0.3 is 0 Å². The van der Waals surface area contributed by atoms with Crippen LogP contribution in [0.2, 0.25) is 0 Å². The second-order valence-corrected chi connectivity index (χ2v) is 8.19. The Morgan fingerprint density at radius 2 is 1.79 bits per heavy atom. The summed E-state index contributed by atoms with van der Waals surface area (Å²) in [6, 6.07) is 15.0. The van der Waals surface area contributed by atoms with Crippen molar-refractivity contribution < 1.29 is 18.3 Å². The number of rotatable bonds is 8. The zero-order chi connectivity index (χ0) is 20.9. The first-order chi connectivity index (χ1) is 13.9. The van der Waals surface area contributed by atoms with Crippen molar-refractivity contribution in [1.82, 2.24) is 9.29 Å². The minimum atomic E-state index is -3.81. The summed E-state index contributed by atoms with van der Waals surface area (Å²) < 4.78 is 28.3. The van der Waals surface area contributed by atoms with Gasteiger partial charge < -0.3 is 9.67 Å². The Hall–Kier alpha value is -3.04. The molecule has 0 fully saturated rings. The lowest BCUT2D eigenvalue weighted by Gasteiger charge is -2.05. The van der Waals surface area contributed by atoms with Crippen molar-refractivity contribution in [3.63, 3.8) is 0 Å². The Labute approximate surface area is 168 Å². The zero-order valence-electron chi connectivity index (χ0n) is 15.9. The maximum Gasteiger partial charge on any atom is 0.279 e. The highest BCUT2D eigenvalue weighted by atomic mass is 32.2. The molecule has 0 unspecified atom stereocenters. The second-order valence-electron chi connectivity index (χ2n) is 6.43. The van der Waals surface area contributed by atoms with Crippen LogP contribution in [0.25, 0.3) is 10.9 Å². The number of amides is 1. The fraction of sp³-hybridized carbons (Fsp3) is 0.250. The zero-order valence-corrected chi connectivity index (χ0v) is 16.8. The molecular formula is C20H22N4O4S. The van der Waals surface area contributed by atoms with E-state index in [1.165, 1.54) is 12.1 Å². The van der Waals surface area contributed by atoms with Crippen LogP contribution in [0.5, 0.6) is 5.88 Å². The number of aromatic nitrogens is 1. The van der Waals surface area contributed by atoms with Crippen LogP contribution in [0.4, 0.5) is 5.69 Å². The molecule has 0 aliphatic carbocycles. The van der Waals surface area contributed by atoms with Gasteiger partial charge in [0.25, 0.3) is 5.91 Å². The van der Waals surface area contributed by atoms with E-state index in [0.29, 0.717) is 11.9 Å². The standard InChI is InChI=1S/C20H22N4O4S/c1-2-3-13-24-17-12-8-7-11-16(17)19(20(24)26)23-22-18(25)14-21-29(27,28)15-9-5-4-6-10-15/h4-12,21,26H,2-3,13-14H2,1H3. The number of carbonyl (C=O) groups excluding carboxylic acids is 1. The number of hydrogen-bond acceptors (Lipinski definition) is 5. The number of sulfonamides is 1. The van der Waals surface area contributed by atoms with Gasteiger partial charge in [-0.25, -0.2) is 13.1 Å².